The third-order valence-corrected chi connectivity index (χ3v) is 2.60. The number of hydrogen-bond acceptors (Lipinski definition) is 3. The smallest absolute Gasteiger partial charge is 0.546 e. The van der Waals surface area contributed by atoms with E-state index < -0.39 is 12.6 Å². The van der Waals surface area contributed by atoms with Crippen LogP contribution in [0.2, 0.25) is 0 Å². The van der Waals surface area contributed by atoms with Gasteiger partial charge in [0.05, 0.1) is 5.97 Å². The number of carboxylic acid groups (broad SMARTS) is 1. The van der Waals surface area contributed by atoms with Crippen LogP contribution in [-0.2, 0) is 4.79 Å². The molecular weight excluding hydrogens is 235 g/mol. The summed E-state index contributed by atoms with van der Waals surface area (Å²) in [7, 11) is 0. The molecule has 0 N–H and O–H groups in total. The summed E-state index contributed by atoms with van der Waals surface area (Å²) in [6.45, 7) is 1.62. The van der Waals surface area contributed by atoms with Crippen molar-refractivity contribution in [2.45, 2.75) is 6.92 Å². The summed E-state index contributed by atoms with van der Waals surface area (Å²) < 4.78 is 5.02. The maximum atomic E-state index is 10.3. The molecule has 0 unspecified atom stereocenters. The number of ether oxygens (including phenoxy) is 1. The van der Waals surface area contributed by atoms with Gasteiger partial charge < -0.3 is 14.6 Å². The van der Waals surface area contributed by atoms with Gasteiger partial charge >= 0.3 is 18.9 Å². The first-order valence-corrected chi connectivity index (χ1v) is 5.65. The van der Waals surface area contributed by atoms with E-state index in [9.17, 15) is 9.90 Å². The van der Waals surface area contributed by atoms with Crippen molar-refractivity contribution in [3.8, 4) is 16.9 Å². The maximum Gasteiger partial charge on any atom is 1.00 e. The van der Waals surface area contributed by atoms with E-state index in [1.54, 1.807) is 12.1 Å². The Bertz CT molecular complexity index is 532. The van der Waals surface area contributed by atoms with E-state index in [0.29, 0.717) is 5.75 Å². The van der Waals surface area contributed by atoms with Crippen molar-refractivity contribution >= 4 is 5.97 Å². The van der Waals surface area contributed by atoms with Crippen LogP contribution in [0, 0.1) is 6.92 Å². The fourth-order valence-corrected chi connectivity index (χ4v) is 1.63. The zero-order valence-corrected chi connectivity index (χ0v) is 11.1. The van der Waals surface area contributed by atoms with Crippen LogP contribution < -0.4 is 28.7 Å². The van der Waals surface area contributed by atoms with E-state index in [-0.39, 0.29) is 18.9 Å². The van der Waals surface area contributed by atoms with Crippen LogP contribution in [0.25, 0.3) is 11.1 Å². The van der Waals surface area contributed by atoms with E-state index >= 15 is 0 Å². The third kappa shape index (κ3) is 4.48. The Morgan fingerprint density at radius 1 is 1.00 bits per heavy atom. The largest absolute Gasteiger partial charge is 1.00 e. The summed E-state index contributed by atoms with van der Waals surface area (Å²) in [5, 5.41) is 10.3. The molecule has 0 radical (unpaired) electrons. The van der Waals surface area contributed by atoms with Crippen molar-refractivity contribution in [1.29, 1.82) is 0 Å². The SMILES string of the molecule is Cc1ccc(-c2ccc(OCC(=O)[O-])cc2)cc1.[Li+]. The van der Waals surface area contributed by atoms with Gasteiger partial charge in [-0.25, -0.2) is 0 Å². The number of hydrogen-bond donors (Lipinski definition) is 0. The van der Waals surface area contributed by atoms with Crippen LogP contribution in [-0.4, -0.2) is 12.6 Å². The third-order valence-electron chi connectivity index (χ3n) is 2.60. The average molecular weight is 248 g/mol. The minimum absolute atomic E-state index is 0. The van der Waals surface area contributed by atoms with Crippen molar-refractivity contribution in [2.24, 2.45) is 0 Å². The summed E-state index contributed by atoms with van der Waals surface area (Å²) in [6.07, 6.45) is 0. The van der Waals surface area contributed by atoms with E-state index in [0.717, 1.165) is 11.1 Å². The number of aryl methyl sites for hydroxylation is 1. The molecule has 0 aliphatic heterocycles. The molecule has 0 saturated carbocycles. The van der Waals surface area contributed by atoms with Crippen molar-refractivity contribution in [3.05, 3.63) is 54.1 Å². The van der Waals surface area contributed by atoms with Crippen LogP contribution >= 0.6 is 0 Å². The average Bonchev–Trinajstić information content (AvgIpc) is 2.38. The molecule has 0 spiro atoms. The molecule has 0 amide bonds. The van der Waals surface area contributed by atoms with E-state index in [1.165, 1.54) is 5.56 Å². The van der Waals surface area contributed by atoms with Gasteiger partial charge in [0.25, 0.3) is 0 Å². The summed E-state index contributed by atoms with van der Waals surface area (Å²) in [6, 6.07) is 15.5. The van der Waals surface area contributed by atoms with Crippen LogP contribution in [0.4, 0.5) is 0 Å². The van der Waals surface area contributed by atoms with E-state index in [4.69, 9.17) is 4.74 Å². The first kappa shape index (κ1) is 15.4. The Morgan fingerprint density at radius 3 is 1.95 bits per heavy atom. The van der Waals surface area contributed by atoms with Gasteiger partial charge in [0, 0.05) is 0 Å². The Morgan fingerprint density at radius 2 is 1.47 bits per heavy atom. The second kappa shape index (κ2) is 7.03. The van der Waals surface area contributed by atoms with Gasteiger partial charge in [-0.2, -0.15) is 0 Å². The molecule has 19 heavy (non-hydrogen) atoms. The summed E-state index contributed by atoms with van der Waals surface area (Å²) in [5.74, 6) is -0.701. The molecule has 2 aromatic rings. The molecule has 3 nitrogen and oxygen atoms in total. The number of benzene rings is 2. The van der Waals surface area contributed by atoms with Gasteiger partial charge in [0.2, 0.25) is 0 Å². The molecule has 2 aromatic carbocycles. The van der Waals surface area contributed by atoms with Crippen molar-refractivity contribution in [3.63, 3.8) is 0 Å². The molecule has 0 aliphatic carbocycles. The number of carbonyl (C=O) groups is 1. The molecule has 4 heteroatoms. The Labute approximate surface area is 124 Å². The quantitative estimate of drug-likeness (QED) is 0.638. The van der Waals surface area contributed by atoms with Gasteiger partial charge in [-0.15, -0.1) is 0 Å². The molecule has 0 aromatic heterocycles. The van der Waals surface area contributed by atoms with Crippen LogP contribution in [0.5, 0.6) is 5.75 Å². The molecule has 92 valence electrons. The Balaban J connectivity index is 0.00000180. The first-order chi connectivity index (χ1) is 8.65. The van der Waals surface area contributed by atoms with Gasteiger partial charge in [-0.05, 0) is 30.2 Å². The molecule has 2 rings (SSSR count). The van der Waals surface area contributed by atoms with Gasteiger partial charge in [0.1, 0.15) is 12.4 Å². The van der Waals surface area contributed by atoms with Gasteiger partial charge in [-0.1, -0.05) is 42.0 Å². The zero-order chi connectivity index (χ0) is 13.0. The number of carboxylic acids is 1. The number of rotatable bonds is 4. The first-order valence-electron chi connectivity index (χ1n) is 5.65. The van der Waals surface area contributed by atoms with E-state index in [1.807, 2.05) is 31.2 Å². The number of carbonyl (C=O) groups excluding carboxylic acids is 1. The summed E-state index contributed by atoms with van der Waals surface area (Å²) in [5.41, 5.74) is 3.40. The minimum atomic E-state index is -1.22. The Kier molecular flexibility index (Phi) is 5.69. The van der Waals surface area contributed by atoms with Crippen LogP contribution in [0.3, 0.4) is 0 Å². The summed E-state index contributed by atoms with van der Waals surface area (Å²) in [4.78, 5) is 10.3. The van der Waals surface area contributed by atoms with Gasteiger partial charge in [0.15, 0.2) is 0 Å². The molecule has 0 atom stereocenters. The predicted octanol–water partition coefficient (Wildman–Crippen LogP) is -1.21. The zero-order valence-electron chi connectivity index (χ0n) is 11.1. The van der Waals surface area contributed by atoms with Gasteiger partial charge in [-0.3, -0.25) is 0 Å². The van der Waals surface area contributed by atoms with E-state index in [2.05, 4.69) is 12.1 Å². The van der Waals surface area contributed by atoms with Crippen LogP contribution in [0.15, 0.2) is 48.5 Å². The normalized spacial score (nSPS) is 9.53. The molecule has 0 aliphatic rings. The van der Waals surface area contributed by atoms with Crippen molar-refractivity contribution in [2.75, 3.05) is 6.61 Å². The second-order valence-electron chi connectivity index (χ2n) is 4.05. The molecule has 0 bridgehead atoms. The predicted molar refractivity (Wildman–Crippen MR) is 67.1 cm³/mol. The number of aliphatic carboxylic acids is 1. The standard InChI is InChI=1S/C15H14O3.Li/c1-11-2-4-12(5-3-11)13-6-8-14(9-7-13)18-10-15(16)17;/h2-9H,10H2,1H3,(H,16,17);/q;+1/p-1. The topological polar surface area (TPSA) is 49.4 Å². The summed E-state index contributed by atoms with van der Waals surface area (Å²) >= 11 is 0. The van der Waals surface area contributed by atoms with Crippen molar-refractivity contribution in [1.82, 2.24) is 0 Å². The molecule has 0 fully saturated rings. The fourth-order valence-electron chi connectivity index (χ4n) is 1.63. The fraction of sp³-hybridized carbons (Fsp3) is 0.133. The second-order valence-corrected chi connectivity index (χ2v) is 4.05. The van der Waals surface area contributed by atoms with Crippen molar-refractivity contribution < 1.29 is 33.5 Å². The minimum Gasteiger partial charge on any atom is -0.546 e. The van der Waals surface area contributed by atoms with Crippen LogP contribution in [0.1, 0.15) is 5.56 Å². The Hall–Kier alpha value is -1.69. The maximum absolute atomic E-state index is 10.3. The molecule has 0 heterocycles. The molecule has 0 saturated heterocycles. The molecular formula is C15H13LiO3. The monoisotopic (exact) mass is 248 g/mol.